The molecule has 0 fully saturated rings. The van der Waals surface area contributed by atoms with Crippen molar-refractivity contribution in [3.8, 4) is 0 Å². The molecule has 0 aliphatic rings. The quantitative estimate of drug-likeness (QED) is 0.383. The Labute approximate surface area is 135 Å². The van der Waals surface area contributed by atoms with Crippen LogP contribution >= 0.6 is 0 Å². The summed E-state index contributed by atoms with van der Waals surface area (Å²) in [4.78, 5) is 12.4. The third-order valence-electron chi connectivity index (χ3n) is 3.37. The second kappa shape index (κ2) is 7.23. The van der Waals surface area contributed by atoms with Crippen LogP contribution in [0, 0.1) is 0 Å². The average Bonchev–Trinajstić information content (AvgIpc) is 2.63. The highest BCUT2D eigenvalue weighted by atomic mass is 16.5. The normalized spacial score (nSPS) is 11.0. The second-order valence-corrected chi connectivity index (χ2v) is 5.04. The molecule has 0 bridgehead atoms. The molecular weight excluding hydrogens is 284 g/mol. The zero-order valence-corrected chi connectivity index (χ0v) is 12.6. The van der Waals surface area contributed by atoms with Gasteiger partial charge in [-0.1, -0.05) is 78.9 Å². The number of benzene rings is 3. The highest BCUT2D eigenvalue weighted by molar-refractivity contribution is 5.95. The molecule has 0 spiro atoms. The number of esters is 1. The Kier molecular flexibility index (Phi) is 4.65. The van der Waals surface area contributed by atoms with Gasteiger partial charge in [-0.3, -0.25) is 0 Å². The van der Waals surface area contributed by atoms with Crippen molar-refractivity contribution < 1.29 is 9.53 Å². The molecule has 0 unspecified atom stereocenters. The topological polar surface area (TPSA) is 26.3 Å². The van der Waals surface area contributed by atoms with Gasteiger partial charge in [-0.15, -0.1) is 0 Å². The van der Waals surface area contributed by atoms with Gasteiger partial charge in [0.25, 0.3) is 0 Å². The van der Waals surface area contributed by atoms with Crippen molar-refractivity contribution in [1.82, 2.24) is 0 Å². The summed E-state index contributed by atoms with van der Waals surface area (Å²) in [5, 5.41) is 0. The highest BCUT2D eigenvalue weighted by Gasteiger charge is 2.11. The van der Waals surface area contributed by atoms with Gasteiger partial charge in [0.05, 0.1) is 5.56 Å². The van der Waals surface area contributed by atoms with Gasteiger partial charge >= 0.3 is 5.97 Å². The summed E-state index contributed by atoms with van der Waals surface area (Å²) in [5.41, 5.74) is 2.37. The van der Waals surface area contributed by atoms with Crippen molar-refractivity contribution in [2.45, 2.75) is 0 Å². The van der Waals surface area contributed by atoms with E-state index in [0.29, 0.717) is 11.3 Å². The van der Waals surface area contributed by atoms with E-state index in [-0.39, 0.29) is 5.97 Å². The van der Waals surface area contributed by atoms with Gasteiger partial charge in [0.15, 0.2) is 0 Å². The van der Waals surface area contributed by atoms with Crippen LogP contribution in [0.15, 0.2) is 91.0 Å². The van der Waals surface area contributed by atoms with Crippen LogP contribution in [0.5, 0.6) is 0 Å². The molecule has 23 heavy (non-hydrogen) atoms. The molecule has 0 heterocycles. The Morgan fingerprint density at radius 2 is 1.13 bits per heavy atom. The van der Waals surface area contributed by atoms with Gasteiger partial charge < -0.3 is 4.74 Å². The first-order valence-corrected chi connectivity index (χ1v) is 7.42. The molecule has 3 aromatic rings. The van der Waals surface area contributed by atoms with Crippen molar-refractivity contribution in [1.29, 1.82) is 0 Å². The van der Waals surface area contributed by atoms with Crippen LogP contribution in [0.25, 0.3) is 11.8 Å². The van der Waals surface area contributed by atoms with Crippen LogP contribution in [0.1, 0.15) is 21.5 Å². The molecule has 0 N–H and O–H groups in total. The summed E-state index contributed by atoms with van der Waals surface area (Å²) in [5.74, 6) is 0.169. The maximum absolute atomic E-state index is 12.4. The van der Waals surface area contributed by atoms with Crippen molar-refractivity contribution >= 4 is 17.8 Å². The van der Waals surface area contributed by atoms with Gasteiger partial charge in [-0.25, -0.2) is 4.79 Å². The minimum atomic E-state index is -0.364. The third kappa shape index (κ3) is 3.95. The van der Waals surface area contributed by atoms with Crippen LogP contribution < -0.4 is 0 Å². The van der Waals surface area contributed by atoms with Gasteiger partial charge in [0, 0.05) is 5.56 Å². The summed E-state index contributed by atoms with van der Waals surface area (Å²) in [6.45, 7) is 0. The van der Waals surface area contributed by atoms with Crippen molar-refractivity contribution in [2.75, 3.05) is 0 Å². The average molecular weight is 300 g/mol. The van der Waals surface area contributed by atoms with Crippen LogP contribution in [0.2, 0.25) is 0 Å². The molecule has 3 rings (SSSR count). The molecule has 2 nitrogen and oxygen atoms in total. The second-order valence-electron chi connectivity index (χ2n) is 5.04. The lowest BCUT2D eigenvalue weighted by Gasteiger charge is -2.09. The fourth-order valence-electron chi connectivity index (χ4n) is 2.21. The Bertz CT molecular complexity index is 791. The van der Waals surface area contributed by atoms with E-state index >= 15 is 0 Å². The molecule has 112 valence electrons. The first-order valence-electron chi connectivity index (χ1n) is 7.42. The summed E-state index contributed by atoms with van der Waals surface area (Å²) < 4.78 is 5.65. The van der Waals surface area contributed by atoms with Crippen molar-refractivity contribution in [3.05, 3.63) is 108 Å². The minimum absolute atomic E-state index is 0.364. The molecule has 0 aromatic heterocycles. The van der Waals surface area contributed by atoms with Crippen LogP contribution in [0.3, 0.4) is 0 Å². The maximum atomic E-state index is 12.4. The zero-order valence-electron chi connectivity index (χ0n) is 12.6. The smallest absolute Gasteiger partial charge is 0.343 e. The fourth-order valence-corrected chi connectivity index (χ4v) is 2.21. The molecule has 0 saturated heterocycles. The first kappa shape index (κ1) is 14.8. The molecule has 3 aromatic carbocycles. The standard InChI is InChI=1S/C21H16O2/c22-21(19-14-8-3-9-15-19)23-20(18-12-6-2-7-13-18)16-17-10-4-1-5-11-17/h1-16H/b20-16+. The summed E-state index contributed by atoms with van der Waals surface area (Å²) >= 11 is 0. The van der Waals surface area contributed by atoms with Crippen LogP contribution in [0.4, 0.5) is 0 Å². The maximum Gasteiger partial charge on any atom is 0.343 e. The third-order valence-corrected chi connectivity index (χ3v) is 3.37. The Morgan fingerprint density at radius 1 is 0.652 bits per heavy atom. The molecule has 2 heteroatoms. The molecule has 0 radical (unpaired) electrons. The first-order chi connectivity index (χ1) is 11.3. The van der Waals surface area contributed by atoms with E-state index in [0.717, 1.165) is 11.1 Å². The number of carbonyl (C=O) groups is 1. The van der Waals surface area contributed by atoms with Crippen LogP contribution in [-0.4, -0.2) is 5.97 Å². The summed E-state index contributed by atoms with van der Waals surface area (Å²) in [7, 11) is 0. The van der Waals surface area contributed by atoms with E-state index in [2.05, 4.69) is 0 Å². The number of rotatable bonds is 4. The largest absolute Gasteiger partial charge is 0.422 e. The number of hydrogen-bond donors (Lipinski definition) is 0. The Morgan fingerprint density at radius 3 is 1.70 bits per heavy atom. The van der Waals surface area contributed by atoms with Gasteiger partial charge in [0.1, 0.15) is 5.76 Å². The molecule has 0 aliphatic carbocycles. The minimum Gasteiger partial charge on any atom is -0.422 e. The monoisotopic (exact) mass is 300 g/mol. The van der Waals surface area contributed by atoms with E-state index in [1.165, 1.54) is 0 Å². The predicted octanol–water partition coefficient (Wildman–Crippen LogP) is 5.04. The van der Waals surface area contributed by atoms with Crippen molar-refractivity contribution in [3.63, 3.8) is 0 Å². The lowest BCUT2D eigenvalue weighted by atomic mass is 10.1. The fraction of sp³-hybridized carbons (Fsp3) is 0. The molecular formula is C21H16O2. The van der Waals surface area contributed by atoms with E-state index < -0.39 is 0 Å². The highest BCUT2D eigenvalue weighted by Crippen LogP contribution is 2.21. The Balaban J connectivity index is 1.93. The van der Waals surface area contributed by atoms with Gasteiger partial charge in [-0.2, -0.15) is 0 Å². The van der Waals surface area contributed by atoms with Crippen LogP contribution in [-0.2, 0) is 4.74 Å². The lowest BCUT2D eigenvalue weighted by Crippen LogP contribution is -2.04. The number of carbonyl (C=O) groups excluding carboxylic acids is 1. The van der Waals surface area contributed by atoms with E-state index in [9.17, 15) is 4.79 Å². The summed E-state index contributed by atoms with van der Waals surface area (Å²) in [6.07, 6.45) is 1.87. The van der Waals surface area contributed by atoms with E-state index in [1.807, 2.05) is 84.9 Å². The molecule has 0 aliphatic heterocycles. The number of hydrogen-bond acceptors (Lipinski definition) is 2. The zero-order chi connectivity index (χ0) is 15.9. The Hall–Kier alpha value is -3.13. The molecule has 0 atom stereocenters. The van der Waals surface area contributed by atoms with Crippen molar-refractivity contribution in [2.24, 2.45) is 0 Å². The predicted molar refractivity (Wildman–Crippen MR) is 92.6 cm³/mol. The van der Waals surface area contributed by atoms with Gasteiger partial charge in [0.2, 0.25) is 0 Å². The molecule has 0 saturated carbocycles. The van der Waals surface area contributed by atoms with E-state index in [4.69, 9.17) is 4.74 Å². The molecule has 0 amide bonds. The van der Waals surface area contributed by atoms with Gasteiger partial charge in [-0.05, 0) is 23.8 Å². The summed E-state index contributed by atoms with van der Waals surface area (Å²) in [6, 6.07) is 28.4. The number of ether oxygens (including phenoxy) is 1. The lowest BCUT2D eigenvalue weighted by molar-refractivity contribution is 0.0693. The SMILES string of the molecule is O=C(O/C(=C/c1ccccc1)c1ccccc1)c1ccccc1. The van der Waals surface area contributed by atoms with E-state index in [1.54, 1.807) is 12.1 Å².